The van der Waals surface area contributed by atoms with Crippen LogP contribution in [0, 0.1) is 21.8 Å². The molecule has 1 aromatic rings. The van der Waals surface area contributed by atoms with Crippen LogP contribution >= 0.6 is 0 Å². The van der Waals surface area contributed by atoms with E-state index in [2.05, 4.69) is 5.32 Å². The number of benzene rings is 1. The highest BCUT2D eigenvalue weighted by atomic mass is 32.2. The molecule has 1 aliphatic rings. The maximum atomic E-state index is 13.7. The van der Waals surface area contributed by atoms with Gasteiger partial charge in [-0.1, -0.05) is 12.1 Å². The third kappa shape index (κ3) is 2.91. The Kier molecular flexibility index (Phi) is 4.03. The summed E-state index contributed by atoms with van der Waals surface area (Å²) >= 11 is 0. The normalized spacial score (nSPS) is 17.2. The van der Waals surface area contributed by atoms with Crippen LogP contribution < -0.4 is 5.32 Å². The smallest absolute Gasteiger partial charge is 0.305 e. The molecule has 98 valence electrons. The quantitative estimate of drug-likeness (QED) is 0.646. The molecule has 0 saturated carbocycles. The summed E-state index contributed by atoms with van der Waals surface area (Å²) in [6, 6.07) is 3.97. The SMILES string of the molecule is O=[N+]([O-])c1cccc(CS(=O)CC2CNC2)c1F. The first-order chi connectivity index (χ1) is 8.58. The van der Waals surface area contributed by atoms with Gasteiger partial charge in [-0.2, -0.15) is 4.39 Å². The van der Waals surface area contributed by atoms with Gasteiger partial charge in [0, 0.05) is 41.3 Å². The summed E-state index contributed by atoms with van der Waals surface area (Å²) in [5, 5.41) is 13.6. The number of halogens is 1. The number of nitrogens with one attached hydrogen (secondary N) is 1. The molecular weight excluding hydrogens is 259 g/mol. The number of nitro groups is 1. The Morgan fingerprint density at radius 3 is 2.78 bits per heavy atom. The minimum atomic E-state index is -1.18. The Labute approximate surface area is 106 Å². The van der Waals surface area contributed by atoms with Crippen LogP contribution in [0.5, 0.6) is 0 Å². The maximum absolute atomic E-state index is 13.7. The van der Waals surface area contributed by atoms with Crippen molar-refractivity contribution >= 4 is 16.5 Å². The van der Waals surface area contributed by atoms with Gasteiger partial charge >= 0.3 is 5.69 Å². The summed E-state index contributed by atoms with van der Waals surface area (Å²) in [6.45, 7) is 1.67. The summed E-state index contributed by atoms with van der Waals surface area (Å²) in [6.07, 6.45) is 0. The van der Waals surface area contributed by atoms with Crippen LogP contribution in [0.2, 0.25) is 0 Å². The van der Waals surface area contributed by atoms with E-state index in [1.54, 1.807) is 0 Å². The fourth-order valence-electron chi connectivity index (χ4n) is 1.78. The fourth-order valence-corrected chi connectivity index (χ4v) is 3.23. The molecule has 1 aromatic carbocycles. The lowest BCUT2D eigenvalue weighted by molar-refractivity contribution is -0.387. The average molecular weight is 272 g/mol. The number of rotatable bonds is 5. The molecule has 1 atom stereocenters. The van der Waals surface area contributed by atoms with Crippen molar-refractivity contribution in [2.75, 3.05) is 18.8 Å². The molecule has 1 saturated heterocycles. The Hall–Kier alpha value is -1.34. The van der Waals surface area contributed by atoms with Gasteiger partial charge in [0.1, 0.15) is 0 Å². The lowest BCUT2D eigenvalue weighted by atomic mass is 10.1. The van der Waals surface area contributed by atoms with E-state index in [0.717, 1.165) is 19.2 Å². The molecule has 5 nitrogen and oxygen atoms in total. The third-order valence-electron chi connectivity index (χ3n) is 2.86. The average Bonchev–Trinajstić information content (AvgIpc) is 2.26. The van der Waals surface area contributed by atoms with Gasteiger partial charge < -0.3 is 5.32 Å². The lowest BCUT2D eigenvalue weighted by Gasteiger charge is -2.26. The molecule has 1 fully saturated rings. The monoisotopic (exact) mass is 272 g/mol. The molecule has 18 heavy (non-hydrogen) atoms. The van der Waals surface area contributed by atoms with Gasteiger partial charge in [-0.25, -0.2) is 0 Å². The zero-order valence-corrected chi connectivity index (χ0v) is 10.4. The second-order valence-corrected chi connectivity index (χ2v) is 5.78. The highest BCUT2D eigenvalue weighted by Crippen LogP contribution is 2.21. The van der Waals surface area contributed by atoms with Crippen LogP contribution in [0.15, 0.2) is 18.2 Å². The van der Waals surface area contributed by atoms with Gasteiger partial charge in [0.15, 0.2) is 0 Å². The van der Waals surface area contributed by atoms with E-state index in [1.165, 1.54) is 12.1 Å². The molecule has 0 aliphatic carbocycles. The van der Waals surface area contributed by atoms with Crippen molar-refractivity contribution in [3.05, 3.63) is 39.7 Å². The molecule has 0 radical (unpaired) electrons. The number of nitro benzene ring substituents is 1. The number of hydrogen-bond acceptors (Lipinski definition) is 4. The van der Waals surface area contributed by atoms with Crippen molar-refractivity contribution in [2.24, 2.45) is 5.92 Å². The van der Waals surface area contributed by atoms with Crippen LogP contribution in [-0.2, 0) is 16.6 Å². The Balaban J connectivity index is 2.06. The predicted octanol–water partition coefficient (Wildman–Crippen LogP) is 1.20. The third-order valence-corrected chi connectivity index (χ3v) is 4.34. The molecule has 0 aromatic heterocycles. The van der Waals surface area contributed by atoms with Gasteiger partial charge in [-0.15, -0.1) is 0 Å². The standard InChI is InChI=1S/C11H13FN2O3S/c12-11-9(2-1-3-10(11)14(15)16)7-18(17)6-8-4-13-5-8/h1-3,8,13H,4-7H2. The van der Waals surface area contributed by atoms with Gasteiger partial charge in [-0.3, -0.25) is 14.3 Å². The zero-order valence-electron chi connectivity index (χ0n) is 9.60. The van der Waals surface area contributed by atoms with Crippen LogP contribution in [0.1, 0.15) is 5.56 Å². The molecule has 0 bridgehead atoms. The lowest BCUT2D eigenvalue weighted by Crippen LogP contribution is -2.44. The maximum Gasteiger partial charge on any atom is 0.305 e. The predicted molar refractivity (Wildman–Crippen MR) is 66.1 cm³/mol. The topological polar surface area (TPSA) is 72.2 Å². The van der Waals surface area contributed by atoms with Gasteiger partial charge in [0.2, 0.25) is 5.82 Å². The minimum Gasteiger partial charge on any atom is -0.316 e. The fraction of sp³-hybridized carbons (Fsp3) is 0.455. The molecule has 1 N–H and O–H groups in total. The molecule has 1 heterocycles. The van der Waals surface area contributed by atoms with Crippen LogP contribution in [0.25, 0.3) is 0 Å². The van der Waals surface area contributed by atoms with E-state index in [4.69, 9.17) is 0 Å². The largest absolute Gasteiger partial charge is 0.316 e. The molecule has 1 unspecified atom stereocenters. The van der Waals surface area contributed by atoms with Crippen molar-refractivity contribution in [2.45, 2.75) is 5.75 Å². The first-order valence-corrected chi connectivity index (χ1v) is 7.04. The molecule has 7 heteroatoms. The van der Waals surface area contributed by atoms with Gasteiger partial charge in [0.25, 0.3) is 0 Å². The van der Waals surface area contributed by atoms with Crippen molar-refractivity contribution in [1.82, 2.24) is 5.32 Å². The molecular formula is C11H13FN2O3S. The van der Waals surface area contributed by atoms with E-state index in [-0.39, 0.29) is 11.3 Å². The zero-order chi connectivity index (χ0) is 13.1. The summed E-state index contributed by atoms with van der Waals surface area (Å²) in [5.41, 5.74) is -0.412. The number of hydrogen-bond donors (Lipinski definition) is 1. The summed E-state index contributed by atoms with van der Waals surface area (Å²) in [4.78, 5) is 9.81. The highest BCUT2D eigenvalue weighted by molar-refractivity contribution is 7.84. The van der Waals surface area contributed by atoms with Crippen LogP contribution in [0.3, 0.4) is 0 Å². The second kappa shape index (κ2) is 5.53. The van der Waals surface area contributed by atoms with E-state index in [9.17, 15) is 18.7 Å². The molecule has 0 amide bonds. The number of nitrogens with zero attached hydrogens (tertiary/aromatic N) is 1. The summed E-state index contributed by atoms with van der Waals surface area (Å²) < 4.78 is 25.5. The van der Waals surface area contributed by atoms with Crippen molar-refractivity contribution < 1.29 is 13.5 Å². The summed E-state index contributed by atoms with van der Waals surface area (Å²) in [5.74, 6) is 0.0364. The Bertz CT molecular complexity index is 491. The van der Waals surface area contributed by atoms with Crippen molar-refractivity contribution in [3.8, 4) is 0 Å². The molecule has 2 rings (SSSR count). The van der Waals surface area contributed by atoms with Crippen LogP contribution in [-0.4, -0.2) is 28.0 Å². The van der Waals surface area contributed by atoms with Crippen molar-refractivity contribution in [1.29, 1.82) is 0 Å². The van der Waals surface area contributed by atoms with Gasteiger partial charge in [0.05, 0.1) is 10.7 Å². The first-order valence-electron chi connectivity index (χ1n) is 5.55. The highest BCUT2D eigenvalue weighted by Gasteiger charge is 2.22. The first kappa shape index (κ1) is 13.1. The van der Waals surface area contributed by atoms with E-state index in [1.807, 2.05) is 0 Å². The molecule has 0 spiro atoms. The second-order valence-electron chi connectivity index (χ2n) is 4.28. The minimum absolute atomic E-state index is 0.0318. The Morgan fingerprint density at radius 2 is 2.22 bits per heavy atom. The Morgan fingerprint density at radius 1 is 1.50 bits per heavy atom. The van der Waals surface area contributed by atoms with E-state index < -0.39 is 27.2 Å². The van der Waals surface area contributed by atoms with Crippen LogP contribution in [0.4, 0.5) is 10.1 Å². The molecule has 1 aliphatic heterocycles. The summed E-state index contributed by atoms with van der Waals surface area (Å²) in [7, 11) is -1.18. The van der Waals surface area contributed by atoms with Gasteiger partial charge in [-0.05, 0) is 5.92 Å². The van der Waals surface area contributed by atoms with E-state index >= 15 is 0 Å². The van der Waals surface area contributed by atoms with Crippen molar-refractivity contribution in [3.63, 3.8) is 0 Å². The van der Waals surface area contributed by atoms with E-state index in [0.29, 0.717) is 11.7 Å².